The van der Waals surface area contributed by atoms with Crippen LogP contribution in [-0.2, 0) is 13.2 Å². The molecule has 2 aromatic heterocycles. The van der Waals surface area contributed by atoms with Crippen LogP contribution in [0.3, 0.4) is 0 Å². The predicted molar refractivity (Wildman–Crippen MR) is 43.2 cm³/mol. The summed E-state index contributed by atoms with van der Waals surface area (Å²) in [5, 5.41) is 3.58. The van der Waals surface area contributed by atoms with E-state index in [9.17, 15) is 18.0 Å². The van der Waals surface area contributed by atoms with Crippen molar-refractivity contribution in [2.75, 3.05) is 0 Å². The minimum atomic E-state index is -4.63. The Labute approximate surface area is 80.8 Å². The van der Waals surface area contributed by atoms with Crippen LogP contribution in [0.2, 0.25) is 0 Å². The van der Waals surface area contributed by atoms with E-state index < -0.39 is 17.4 Å². The van der Waals surface area contributed by atoms with Crippen LogP contribution in [0.25, 0.3) is 5.78 Å². The highest BCUT2D eigenvalue weighted by molar-refractivity contribution is 5.28. The smallest absolute Gasteiger partial charge is 0.303 e. The van der Waals surface area contributed by atoms with Crippen molar-refractivity contribution in [3.63, 3.8) is 0 Å². The average molecular weight is 218 g/mol. The molecule has 0 saturated heterocycles. The molecule has 0 bridgehead atoms. The second-order valence-corrected chi connectivity index (χ2v) is 2.93. The van der Waals surface area contributed by atoms with Crippen LogP contribution in [0.4, 0.5) is 13.2 Å². The van der Waals surface area contributed by atoms with Gasteiger partial charge in [-0.3, -0.25) is 4.79 Å². The molecule has 0 aliphatic carbocycles. The highest BCUT2D eigenvalue weighted by Gasteiger charge is 2.33. The van der Waals surface area contributed by atoms with E-state index >= 15 is 0 Å². The van der Waals surface area contributed by atoms with Gasteiger partial charge in [-0.05, 0) is 0 Å². The van der Waals surface area contributed by atoms with Crippen LogP contribution in [0.1, 0.15) is 5.69 Å². The molecule has 0 amide bonds. The van der Waals surface area contributed by atoms with Gasteiger partial charge in [0.25, 0.3) is 5.56 Å². The Hall–Kier alpha value is -1.86. The van der Waals surface area contributed by atoms with Crippen molar-refractivity contribution in [3.8, 4) is 0 Å². The van der Waals surface area contributed by atoms with Gasteiger partial charge >= 0.3 is 6.18 Å². The highest BCUT2D eigenvalue weighted by Crippen LogP contribution is 2.26. The Bertz CT molecular complexity index is 568. The van der Waals surface area contributed by atoms with Gasteiger partial charge in [0.2, 0.25) is 5.78 Å². The predicted octanol–water partition coefficient (Wildman–Crippen LogP) is 0.447. The molecule has 0 radical (unpaired) electrons. The van der Waals surface area contributed by atoms with E-state index in [1.165, 1.54) is 17.9 Å². The fourth-order valence-electron chi connectivity index (χ4n) is 1.13. The Morgan fingerprint density at radius 3 is 2.67 bits per heavy atom. The van der Waals surface area contributed by atoms with E-state index in [4.69, 9.17) is 0 Å². The maximum Gasteiger partial charge on any atom is 0.433 e. The lowest BCUT2D eigenvalue weighted by atomic mass is 10.4. The van der Waals surface area contributed by atoms with Gasteiger partial charge in [0.1, 0.15) is 6.33 Å². The molecule has 15 heavy (non-hydrogen) atoms. The van der Waals surface area contributed by atoms with E-state index in [1.54, 1.807) is 0 Å². The van der Waals surface area contributed by atoms with E-state index in [0.29, 0.717) is 6.07 Å². The third-order valence-corrected chi connectivity index (χ3v) is 1.83. The Morgan fingerprint density at radius 2 is 2.07 bits per heavy atom. The summed E-state index contributed by atoms with van der Waals surface area (Å²) in [6.45, 7) is 0. The van der Waals surface area contributed by atoms with Gasteiger partial charge in [-0.1, -0.05) is 0 Å². The molecule has 0 saturated carbocycles. The third kappa shape index (κ3) is 1.47. The summed E-state index contributed by atoms with van der Waals surface area (Å²) in [6.07, 6.45) is -3.41. The zero-order chi connectivity index (χ0) is 11.2. The minimum absolute atomic E-state index is 0.144. The number of aryl methyl sites for hydroxylation is 1. The minimum Gasteiger partial charge on any atom is -0.303 e. The standard InChI is InChI=1S/C7H5F3N4O/c1-13-3-11-14-5(15)2-4(7(8,9)10)12-6(13)14/h2-3H,1H3. The van der Waals surface area contributed by atoms with Crippen LogP contribution in [0.5, 0.6) is 0 Å². The summed E-state index contributed by atoms with van der Waals surface area (Å²) in [5.41, 5.74) is -2.07. The number of alkyl halides is 3. The Kier molecular flexibility index (Phi) is 1.82. The summed E-state index contributed by atoms with van der Waals surface area (Å²) >= 11 is 0. The number of aromatic nitrogens is 4. The fraction of sp³-hybridized carbons (Fsp3) is 0.286. The van der Waals surface area contributed by atoms with Crippen LogP contribution in [0, 0.1) is 0 Å². The Morgan fingerprint density at radius 1 is 1.40 bits per heavy atom. The van der Waals surface area contributed by atoms with Gasteiger partial charge in [-0.25, -0.2) is 4.98 Å². The lowest BCUT2D eigenvalue weighted by molar-refractivity contribution is -0.141. The second kappa shape index (κ2) is 2.81. The molecule has 0 aliphatic heterocycles. The van der Waals surface area contributed by atoms with E-state index in [1.807, 2.05) is 0 Å². The molecule has 5 nitrogen and oxygen atoms in total. The molecule has 0 atom stereocenters. The molecular weight excluding hydrogens is 213 g/mol. The summed E-state index contributed by atoms with van der Waals surface area (Å²) in [4.78, 5) is 14.5. The van der Waals surface area contributed by atoms with Gasteiger partial charge in [0, 0.05) is 13.1 Å². The first-order valence-electron chi connectivity index (χ1n) is 3.88. The van der Waals surface area contributed by atoms with Crippen LogP contribution in [0.15, 0.2) is 17.2 Å². The molecule has 80 valence electrons. The lowest BCUT2D eigenvalue weighted by Gasteiger charge is -2.04. The van der Waals surface area contributed by atoms with Crippen molar-refractivity contribution in [1.29, 1.82) is 0 Å². The van der Waals surface area contributed by atoms with Crippen LogP contribution < -0.4 is 5.56 Å². The summed E-state index contributed by atoms with van der Waals surface area (Å²) in [5.74, 6) is -0.144. The van der Waals surface area contributed by atoms with E-state index in [-0.39, 0.29) is 5.78 Å². The van der Waals surface area contributed by atoms with Crippen molar-refractivity contribution < 1.29 is 13.2 Å². The van der Waals surface area contributed by atoms with Crippen molar-refractivity contribution >= 4 is 5.78 Å². The maximum atomic E-state index is 12.3. The maximum absolute atomic E-state index is 12.3. The largest absolute Gasteiger partial charge is 0.433 e. The van der Waals surface area contributed by atoms with Gasteiger partial charge in [0.05, 0.1) is 0 Å². The number of fused-ring (bicyclic) bond motifs is 1. The molecule has 0 aliphatic rings. The van der Waals surface area contributed by atoms with Crippen molar-refractivity contribution in [2.24, 2.45) is 7.05 Å². The number of hydrogen-bond acceptors (Lipinski definition) is 3. The zero-order valence-corrected chi connectivity index (χ0v) is 7.49. The molecule has 8 heteroatoms. The summed E-state index contributed by atoms with van der Waals surface area (Å²) < 4.78 is 38.9. The number of nitrogens with zero attached hydrogens (tertiary/aromatic N) is 4. The van der Waals surface area contributed by atoms with Gasteiger partial charge in [-0.2, -0.15) is 22.8 Å². The monoisotopic (exact) mass is 218 g/mol. The van der Waals surface area contributed by atoms with E-state index in [2.05, 4.69) is 10.1 Å². The molecular formula is C7H5F3N4O. The van der Waals surface area contributed by atoms with Crippen molar-refractivity contribution in [2.45, 2.75) is 6.18 Å². The van der Waals surface area contributed by atoms with Crippen molar-refractivity contribution in [1.82, 2.24) is 19.2 Å². The van der Waals surface area contributed by atoms with Crippen LogP contribution in [-0.4, -0.2) is 19.2 Å². The second-order valence-electron chi connectivity index (χ2n) is 2.93. The number of hydrogen-bond donors (Lipinski definition) is 0. The molecule has 0 aromatic carbocycles. The SMILES string of the molecule is Cn1cnn2c(=O)cc(C(F)(F)F)nc12. The quantitative estimate of drug-likeness (QED) is 0.645. The lowest BCUT2D eigenvalue weighted by Crippen LogP contribution is -2.20. The summed E-state index contributed by atoms with van der Waals surface area (Å²) in [7, 11) is 1.45. The first-order chi connectivity index (χ1) is 6.89. The normalized spacial score (nSPS) is 12.3. The molecule has 0 spiro atoms. The summed E-state index contributed by atoms with van der Waals surface area (Å²) in [6, 6.07) is 0.417. The molecule has 2 aromatic rings. The Balaban J connectivity index is 2.82. The first kappa shape index (κ1) is 9.69. The fourth-order valence-corrected chi connectivity index (χ4v) is 1.13. The molecule has 0 fully saturated rings. The molecule has 2 heterocycles. The average Bonchev–Trinajstić information content (AvgIpc) is 2.47. The number of halogens is 3. The zero-order valence-electron chi connectivity index (χ0n) is 7.49. The van der Waals surface area contributed by atoms with Gasteiger partial charge in [0.15, 0.2) is 5.69 Å². The van der Waals surface area contributed by atoms with Crippen LogP contribution >= 0.6 is 0 Å². The third-order valence-electron chi connectivity index (χ3n) is 1.83. The topological polar surface area (TPSA) is 52.2 Å². The molecule has 0 N–H and O–H groups in total. The first-order valence-corrected chi connectivity index (χ1v) is 3.88. The molecule has 0 unspecified atom stereocenters. The highest BCUT2D eigenvalue weighted by atomic mass is 19.4. The van der Waals surface area contributed by atoms with E-state index in [0.717, 1.165) is 4.52 Å². The number of rotatable bonds is 0. The van der Waals surface area contributed by atoms with Crippen molar-refractivity contribution in [3.05, 3.63) is 28.4 Å². The molecule has 2 rings (SSSR count). The van der Waals surface area contributed by atoms with Gasteiger partial charge in [-0.15, -0.1) is 0 Å². The van der Waals surface area contributed by atoms with Gasteiger partial charge < -0.3 is 4.57 Å².